The van der Waals surface area contributed by atoms with Gasteiger partial charge in [0.05, 0.1) is 17.2 Å². The minimum atomic E-state index is -0.0596. The Kier molecular flexibility index (Phi) is 6.47. The zero-order chi connectivity index (χ0) is 14.4. The van der Waals surface area contributed by atoms with Crippen molar-refractivity contribution in [1.29, 1.82) is 0 Å². The number of carbonyl (C=O) groups excluding carboxylic acids is 1. The second-order valence-corrected chi connectivity index (χ2v) is 5.87. The second kappa shape index (κ2) is 7.62. The van der Waals surface area contributed by atoms with Crippen molar-refractivity contribution < 1.29 is 9.53 Å². The molecule has 7 heteroatoms. The lowest BCUT2D eigenvalue weighted by molar-refractivity contribution is 0.0833. The predicted octanol–water partition coefficient (Wildman–Crippen LogP) is 2.20. The molecule has 1 rings (SSSR count). The summed E-state index contributed by atoms with van der Waals surface area (Å²) in [5.41, 5.74) is 6.62. The summed E-state index contributed by atoms with van der Waals surface area (Å²) in [7, 11) is 3.45. The quantitative estimate of drug-likeness (QED) is 0.597. The molecule has 0 aliphatic heterocycles. The number of carbonyl (C=O) groups is 1. The van der Waals surface area contributed by atoms with Gasteiger partial charge < -0.3 is 20.7 Å². The third-order valence-electron chi connectivity index (χ3n) is 2.44. The smallest absolute Gasteiger partial charge is 0.265 e. The number of anilines is 2. The van der Waals surface area contributed by atoms with Crippen LogP contribution in [0.4, 0.5) is 10.7 Å². The van der Waals surface area contributed by atoms with E-state index in [9.17, 15) is 4.79 Å². The molecule has 3 N–H and O–H groups in total. The van der Waals surface area contributed by atoms with E-state index >= 15 is 0 Å². The summed E-state index contributed by atoms with van der Waals surface area (Å²) in [6, 6.07) is 0. The molecule has 0 atom stereocenters. The van der Waals surface area contributed by atoms with Gasteiger partial charge in [-0.05, 0) is 13.2 Å². The Labute approximate surface area is 122 Å². The van der Waals surface area contributed by atoms with Crippen molar-refractivity contribution in [3.05, 3.63) is 4.88 Å². The normalized spacial score (nSPS) is 10.5. The van der Waals surface area contributed by atoms with Gasteiger partial charge in [-0.15, -0.1) is 23.1 Å². The van der Waals surface area contributed by atoms with Gasteiger partial charge in [-0.1, -0.05) is 0 Å². The van der Waals surface area contributed by atoms with E-state index in [0.29, 0.717) is 30.3 Å². The van der Waals surface area contributed by atoms with Crippen LogP contribution in [0.3, 0.4) is 0 Å². The van der Waals surface area contributed by atoms with E-state index in [4.69, 9.17) is 10.5 Å². The van der Waals surface area contributed by atoms with Crippen LogP contribution in [0.15, 0.2) is 4.90 Å². The zero-order valence-corrected chi connectivity index (χ0v) is 13.4. The number of amides is 1. The van der Waals surface area contributed by atoms with Gasteiger partial charge in [-0.25, -0.2) is 0 Å². The standard InChI is InChI=1S/C12H21N3O2S2/c1-5-17-7-6-14-11-9(18-4)8(13)10(19-11)12(16)15(2)3/h14H,5-7,13H2,1-4H3. The number of ether oxygens (including phenoxy) is 1. The molecule has 108 valence electrons. The van der Waals surface area contributed by atoms with Gasteiger partial charge in [0.25, 0.3) is 5.91 Å². The lowest BCUT2D eigenvalue weighted by atomic mass is 10.3. The molecular formula is C12H21N3O2S2. The largest absolute Gasteiger partial charge is 0.396 e. The molecule has 0 aliphatic rings. The predicted molar refractivity (Wildman–Crippen MR) is 83.5 cm³/mol. The summed E-state index contributed by atoms with van der Waals surface area (Å²) in [5.74, 6) is -0.0596. The third-order valence-corrected chi connectivity index (χ3v) is 4.55. The summed E-state index contributed by atoms with van der Waals surface area (Å²) >= 11 is 2.95. The van der Waals surface area contributed by atoms with Crippen molar-refractivity contribution >= 4 is 39.7 Å². The maximum atomic E-state index is 12.0. The summed E-state index contributed by atoms with van der Waals surface area (Å²) < 4.78 is 5.28. The van der Waals surface area contributed by atoms with Gasteiger partial charge in [-0.3, -0.25) is 4.79 Å². The van der Waals surface area contributed by atoms with Crippen molar-refractivity contribution in [2.75, 3.05) is 51.2 Å². The van der Waals surface area contributed by atoms with E-state index < -0.39 is 0 Å². The molecule has 0 radical (unpaired) electrons. The van der Waals surface area contributed by atoms with Crippen LogP contribution in [0.1, 0.15) is 16.6 Å². The Morgan fingerprint density at radius 3 is 2.74 bits per heavy atom. The summed E-state index contributed by atoms with van der Waals surface area (Å²) in [4.78, 5) is 15.1. The molecule has 5 nitrogen and oxygen atoms in total. The molecule has 0 bridgehead atoms. The van der Waals surface area contributed by atoms with Gasteiger partial charge >= 0.3 is 0 Å². The second-order valence-electron chi connectivity index (χ2n) is 4.03. The number of nitrogens with two attached hydrogens (primary N) is 1. The number of nitrogens with one attached hydrogen (secondary N) is 1. The van der Waals surface area contributed by atoms with Crippen LogP contribution in [0.2, 0.25) is 0 Å². The molecule has 1 heterocycles. The molecule has 19 heavy (non-hydrogen) atoms. The molecule has 0 saturated carbocycles. The molecule has 0 spiro atoms. The van der Waals surface area contributed by atoms with Crippen molar-refractivity contribution in [1.82, 2.24) is 4.90 Å². The molecule has 0 fully saturated rings. The van der Waals surface area contributed by atoms with Crippen LogP contribution < -0.4 is 11.1 Å². The number of nitrogens with zero attached hydrogens (tertiary/aromatic N) is 1. The van der Waals surface area contributed by atoms with E-state index in [2.05, 4.69) is 5.32 Å². The molecule has 0 aliphatic carbocycles. The number of thioether (sulfide) groups is 1. The number of hydrogen-bond donors (Lipinski definition) is 2. The van der Waals surface area contributed by atoms with Crippen LogP contribution in [0.25, 0.3) is 0 Å². The SMILES string of the molecule is CCOCCNc1sc(C(=O)N(C)C)c(N)c1SC. The lowest BCUT2D eigenvalue weighted by Gasteiger charge is -2.08. The lowest BCUT2D eigenvalue weighted by Crippen LogP contribution is -2.21. The Balaban J connectivity index is 2.86. The van der Waals surface area contributed by atoms with Gasteiger partial charge in [0, 0.05) is 27.2 Å². The topological polar surface area (TPSA) is 67.6 Å². The van der Waals surface area contributed by atoms with E-state index in [0.717, 1.165) is 9.90 Å². The maximum absolute atomic E-state index is 12.0. The van der Waals surface area contributed by atoms with Crippen molar-refractivity contribution in [2.45, 2.75) is 11.8 Å². The average molecular weight is 303 g/mol. The van der Waals surface area contributed by atoms with E-state index in [1.807, 2.05) is 13.2 Å². The highest BCUT2D eigenvalue weighted by Gasteiger charge is 2.21. The van der Waals surface area contributed by atoms with Crippen molar-refractivity contribution in [3.8, 4) is 0 Å². The van der Waals surface area contributed by atoms with Crippen LogP contribution in [0.5, 0.6) is 0 Å². The monoisotopic (exact) mass is 303 g/mol. The number of hydrogen-bond acceptors (Lipinski definition) is 6. The summed E-state index contributed by atoms with van der Waals surface area (Å²) in [6.07, 6.45) is 1.95. The van der Waals surface area contributed by atoms with E-state index in [1.54, 1.807) is 25.9 Å². The first-order valence-corrected chi connectivity index (χ1v) is 8.06. The minimum Gasteiger partial charge on any atom is -0.396 e. The van der Waals surface area contributed by atoms with E-state index in [1.165, 1.54) is 16.2 Å². The number of thiophene rings is 1. The molecule has 1 amide bonds. The van der Waals surface area contributed by atoms with Crippen LogP contribution in [-0.4, -0.2) is 50.9 Å². The molecule has 1 aromatic rings. The Morgan fingerprint density at radius 1 is 1.53 bits per heavy atom. The summed E-state index contributed by atoms with van der Waals surface area (Å²) in [6.45, 7) is 4.01. The summed E-state index contributed by atoms with van der Waals surface area (Å²) in [5, 5.41) is 4.22. The van der Waals surface area contributed by atoms with Gasteiger partial charge in [0.2, 0.25) is 0 Å². The highest BCUT2D eigenvalue weighted by Crippen LogP contribution is 2.41. The minimum absolute atomic E-state index is 0.0596. The fourth-order valence-corrected chi connectivity index (χ4v) is 3.57. The number of rotatable bonds is 7. The van der Waals surface area contributed by atoms with Crippen LogP contribution in [0, 0.1) is 0 Å². The first kappa shape index (κ1) is 16.1. The first-order valence-electron chi connectivity index (χ1n) is 6.02. The molecule has 0 unspecified atom stereocenters. The fourth-order valence-electron chi connectivity index (χ4n) is 1.49. The first-order chi connectivity index (χ1) is 9.02. The highest BCUT2D eigenvalue weighted by molar-refractivity contribution is 7.99. The Morgan fingerprint density at radius 2 is 2.21 bits per heavy atom. The molecule has 0 saturated heterocycles. The van der Waals surface area contributed by atoms with E-state index in [-0.39, 0.29) is 5.91 Å². The Hall–Kier alpha value is -0.920. The fraction of sp³-hybridized carbons (Fsp3) is 0.583. The molecule has 0 aromatic carbocycles. The third kappa shape index (κ3) is 4.02. The van der Waals surface area contributed by atoms with Gasteiger partial charge in [0.15, 0.2) is 0 Å². The van der Waals surface area contributed by atoms with Gasteiger partial charge in [-0.2, -0.15) is 0 Å². The van der Waals surface area contributed by atoms with Crippen LogP contribution in [-0.2, 0) is 4.74 Å². The van der Waals surface area contributed by atoms with Crippen LogP contribution >= 0.6 is 23.1 Å². The highest BCUT2D eigenvalue weighted by atomic mass is 32.2. The van der Waals surface area contributed by atoms with Crippen molar-refractivity contribution in [3.63, 3.8) is 0 Å². The molecular weight excluding hydrogens is 282 g/mol. The van der Waals surface area contributed by atoms with Gasteiger partial charge in [0.1, 0.15) is 9.88 Å². The average Bonchev–Trinajstić information content (AvgIpc) is 2.70. The number of nitrogen functional groups attached to an aromatic ring is 1. The maximum Gasteiger partial charge on any atom is 0.265 e. The molecule has 1 aromatic heterocycles. The zero-order valence-electron chi connectivity index (χ0n) is 11.8. The van der Waals surface area contributed by atoms with Crippen molar-refractivity contribution in [2.24, 2.45) is 0 Å². The Bertz CT molecular complexity index is 433.